The molecule has 0 bridgehead atoms. The number of halogens is 1. The molecule has 0 radical (unpaired) electrons. The fraction of sp³-hybridized carbons (Fsp3) is 0.0667. The molecule has 7 heteroatoms. The number of amides is 1. The van der Waals surface area contributed by atoms with Crippen molar-refractivity contribution in [2.75, 3.05) is 7.11 Å². The third kappa shape index (κ3) is 3.56. The summed E-state index contributed by atoms with van der Waals surface area (Å²) < 4.78 is 5.52. The third-order valence-corrected chi connectivity index (χ3v) is 3.42. The van der Waals surface area contributed by atoms with E-state index in [9.17, 15) is 15.0 Å². The normalized spacial score (nSPS) is 10.6. The first-order valence-corrected chi connectivity index (χ1v) is 7.00. The van der Waals surface area contributed by atoms with Crippen LogP contribution < -0.4 is 10.2 Å². The maximum Gasteiger partial charge on any atom is 0.275 e. The quantitative estimate of drug-likeness (QED) is 0.574. The fourth-order valence-corrected chi connectivity index (χ4v) is 2.15. The summed E-state index contributed by atoms with van der Waals surface area (Å²) in [4.78, 5) is 11.8. The number of phenols is 2. The first-order chi connectivity index (χ1) is 10.5. The van der Waals surface area contributed by atoms with Gasteiger partial charge in [-0.05, 0) is 40.2 Å². The average Bonchev–Trinajstić information content (AvgIpc) is 2.51. The zero-order chi connectivity index (χ0) is 16.1. The first-order valence-electron chi connectivity index (χ1n) is 6.21. The van der Waals surface area contributed by atoms with Crippen LogP contribution in [0.2, 0.25) is 0 Å². The van der Waals surface area contributed by atoms with Crippen LogP contribution in [0.3, 0.4) is 0 Å². The highest BCUT2D eigenvalue weighted by molar-refractivity contribution is 9.10. The molecule has 0 fully saturated rings. The monoisotopic (exact) mass is 364 g/mol. The first kappa shape index (κ1) is 15.8. The molecule has 6 nitrogen and oxygen atoms in total. The van der Waals surface area contributed by atoms with Crippen molar-refractivity contribution in [2.24, 2.45) is 5.10 Å². The number of carbonyl (C=O) groups is 1. The van der Waals surface area contributed by atoms with Crippen molar-refractivity contribution in [3.05, 3.63) is 52.0 Å². The molecule has 22 heavy (non-hydrogen) atoms. The van der Waals surface area contributed by atoms with E-state index in [0.29, 0.717) is 15.8 Å². The minimum atomic E-state index is -0.559. The molecule has 0 saturated carbocycles. The van der Waals surface area contributed by atoms with Crippen LogP contribution in [0, 0.1) is 0 Å². The van der Waals surface area contributed by atoms with E-state index in [0.717, 1.165) is 0 Å². The van der Waals surface area contributed by atoms with E-state index in [1.165, 1.54) is 25.5 Å². The van der Waals surface area contributed by atoms with Crippen molar-refractivity contribution in [3.63, 3.8) is 0 Å². The van der Waals surface area contributed by atoms with Gasteiger partial charge in [0.2, 0.25) is 0 Å². The number of ether oxygens (including phenoxy) is 1. The molecule has 2 aromatic carbocycles. The van der Waals surface area contributed by atoms with Gasteiger partial charge in [-0.1, -0.05) is 12.1 Å². The molecule has 2 rings (SSSR count). The summed E-state index contributed by atoms with van der Waals surface area (Å²) >= 11 is 3.19. The maximum atomic E-state index is 11.8. The molecule has 0 aromatic heterocycles. The maximum absolute atomic E-state index is 11.8. The number of hydrogen-bond acceptors (Lipinski definition) is 5. The van der Waals surface area contributed by atoms with Crippen LogP contribution in [-0.4, -0.2) is 29.4 Å². The van der Waals surface area contributed by atoms with Gasteiger partial charge in [-0.3, -0.25) is 4.79 Å². The standard InChI is InChI=1S/C15H13BrN2O4/c1-22-10-6-9(14(20)12(16)7-10)8-17-18-15(21)11-4-2-3-5-13(11)19/h2-8,19-20H,1H3,(H,18,21). The topological polar surface area (TPSA) is 91.2 Å². The van der Waals surface area contributed by atoms with Gasteiger partial charge in [0.25, 0.3) is 5.91 Å². The van der Waals surface area contributed by atoms with Crippen molar-refractivity contribution in [3.8, 4) is 17.2 Å². The number of hydrazone groups is 1. The van der Waals surface area contributed by atoms with Crippen molar-refractivity contribution in [1.82, 2.24) is 5.43 Å². The zero-order valence-corrected chi connectivity index (χ0v) is 13.2. The number of nitrogens with zero attached hydrogens (tertiary/aromatic N) is 1. The molecular formula is C15H13BrN2O4. The highest BCUT2D eigenvalue weighted by Crippen LogP contribution is 2.31. The Morgan fingerprint density at radius 1 is 1.32 bits per heavy atom. The SMILES string of the molecule is COc1cc(Br)c(O)c(C=NNC(=O)c2ccccc2O)c1. The van der Waals surface area contributed by atoms with E-state index in [1.54, 1.807) is 24.3 Å². The van der Waals surface area contributed by atoms with Crippen LogP contribution in [0.15, 0.2) is 46.0 Å². The summed E-state index contributed by atoms with van der Waals surface area (Å²) in [6.45, 7) is 0. The Bertz CT molecular complexity index is 731. The molecule has 114 valence electrons. The second kappa shape index (κ2) is 6.95. The van der Waals surface area contributed by atoms with Gasteiger partial charge >= 0.3 is 0 Å². The number of nitrogens with one attached hydrogen (secondary N) is 1. The molecule has 0 aliphatic carbocycles. The van der Waals surface area contributed by atoms with Gasteiger partial charge in [-0.25, -0.2) is 5.43 Å². The Labute approximate surface area is 135 Å². The molecule has 0 heterocycles. The Balaban J connectivity index is 2.15. The Morgan fingerprint density at radius 3 is 2.73 bits per heavy atom. The van der Waals surface area contributed by atoms with Crippen molar-refractivity contribution < 1.29 is 19.7 Å². The second-order valence-corrected chi connectivity index (χ2v) is 5.12. The molecular weight excluding hydrogens is 352 g/mol. The average molecular weight is 365 g/mol. The van der Waals surface area contributed by atoms with Crippen molar-refractivity contribution in [2.45, 2.75) is 0 Å². The van der Waals surface area contributed by atoms with E-state index in [4.69, 9.17) is 4.74 Å². The van der Waals surface area contributed by atoms with Gasteiger partial charge in [0, 0.05) is 5.56 Å². The summed E-state index contributed by atoms with van der Waals surface area (Å²) in [5.41, 5.74) is 2.75. The molecule has 0 atom stereocenters. The number of benzene rings is 2. The van der Waals surface area contributed by atoms with Crippen LogP contribution in [0.1, 0.15) is 15.9 Å². The molecule has 0 saturated heterocycles. The summed E-state index contributed by atoms with van der Waals surface area (Å²) in [5.74, 6) is -0.197. The van der Waals surface area contributed by atoms with E-state index in [-0.39, 0.29) is 17.1 Å². The minimum absolute atomic E-state index is 0.0265. The third-order valence-electron chi connectivity index (χ3n) is 2.82. The lowest BCUT2D eigenvalue weighted by Crippen LogP contribution is -2.17. The predicted octanol–water partition coefficient (Wildman–Crippen LogP) is 2.63. The predicted molar refractivity (Wildman–Crippen MR) is 85.5 cm³/mol. The van der Waals surface area contributed by atoms with E-state index < -0.39 is 5.91 Å². The summed E-state index contributed by atoms with van der Waals surface area (Å²) in [6, 6.07) is 9.29. The van der Waals surface area contributed by atoms with Crippen molar-refractivity contribution in [1.29, 1.82) is 0 Å². The highest BCUT2D eigenvalue weighted by atomic mass is 79.9. The van der Waals surface area contributed by atoms with Crippen LogP contribution in [-0.2, 0) is 0 Å². The molecule has 0 aliphatic rings. The second-order valence-electron chi connectivity index (χ2n) is 4.26. The van der Waals surface area contributed by atoms with Crippen LogP contribution >= 0.6 is 15.9 Å². The summed E-state index contributed by atoms with van der Waals surface area (Å²) in [5, 5.41) is 23.2. The van der Waals surface area contributed by atoms with Gasteiger partial charge in [0.05, 0.1) is 23.4 Å². The van der Waals surface area contributed by atoms with Crippen molar-refractivity contribution >= 4 is 28.1 Å². The molecule has 0 aliphatic heterocycles. The largest absolute Gasteiger partial charge is 0.507 e. The number of carbonyl (C=O) groups excluding carboxylic acids is 1. The number of phenolic OH excluding ortho intramolecular Hbond substituents is 2. The lowest BCUT2D eigenvalue weighted by molar-refractivity contribution is 0.0952. The number of hydrogen-bond donors (Lipinski definition) is 3. The van der Waals surface area contributed by atoms with Crippen LogP contribution in [0.5, 0.6) is 17.2 Å². The number of aromatic hydroxyl groups is 2. The fourth-order valence-electron chi connectivity index (χ4n) is 1.70. The molecule has 1 amide bonds. The number of rotatable bonds is 4. The van der Waals surface area contributed by atoms with Gasteiger partial charge in [0.15, 0.2) is 0 Å². The molecule has 0 unspecified atom stereocenters. The highest BCUT2D eigenvalue weighted by Gasteiger charge is 2.10. The summed E-state index contributed by atoms with van der Waals surface area (Å²) in [7, 11) is 1.50. The van der Waals surface area contributed by atoms with E-state index in [1.807, 2.05) is 0 Å². The molecule has 3 N–H and O–H groups in total. The number of para-hydroxylation sites is 1. The Morgan fingerprint density at radius 2 is 2.05 bits per heavy atom. The van der Waals surface area contributed by atoms with Gasteiger partial charge in [-0.2, -0.15) is 5.10 Å². The molecule has 0 spiro atoms. The Hall–Kier alpha value is -2.54. The van der Waals surface area contributed by atoms with E-state index in [2.05, 4.69) is 26.5 Å². The lowest BCUT2D eigenvalue weighted by Gasteiger charge is -2.06. The van der Waals surface area contributed by atoms with Crippen LogP contribution in [0.25, 0.3) is 0 Å². The zero-order valence-electron chi connectivity index (χ0n) is 11.6. The lowest BCUT2D eigenvalue weighted by atomic mass is 10.2. The summed E-state index contributed by atoms with van der Waals surface area (Å²) in [6.07, 6.45) is 1.28. The van der Waals surface area contributed by atoms with Gasteiger partial charge in [0.1, 0.15) is 17.2 Å². The number of methoxy groups -OCH3 is 1. The smallest absolute Gasteiger partial charge is 0.275 e. The minimum Gasteiger partial charge on any atom is -0.507 e. The van der Waals surface area contributed by atoms with Crippen LogP contribution in [0.4, 0.5) is 0 Å². The van der Waals surface area contributed by atoms with E-state index >= 15 is 0 Å². The van der Waals surface area contributed by atoms with Gasteiger partial charge in [-0.15, -0.1) is 0 Å². The molecule has 2 aromatic rings. The Kier molecular flexibility index (Phi) is 5.00. The van der Waals surface area contributed by atoms with Gasteiger partial charge < -0.3 is 14.9 Å².